The lowest BCUT2D eigenvalue weighted by atomic mass is 9.94. The Morgan fingerprint density at radius 3 is 2.52 bits per heavy atom. The molecular formula is C17H24N4. The molecule has 3 rings (SSSR count). The molecule has 0 spiro atoms. The van der Waals surface area contributed by atoms with Crippen LogP contribution in [-0.2, 0) is 25.8 Å². The number of hydrogen-bond acceptors (Lipinski definition) is 3. The Labute approximate surface area is 126 Å². The highest BCUT2D eigenvalue weighted by atomic mass is 15.3. The van der Waals surface area contributed by atoms with E-state index in [0.717, 1.165) is 31.6 Å². The van der Waals surface area contributed by atoms with Crippen LogP contribution in [0.5, 0.6) is 0 Å². The first kappa shape index (κ1) is 14.3. The standard InChI is InChI=1S/C17H24N4/c1-12(2)10-21-17(19-11-20-21)9-16(18)15-7-13-5-3-4-6-14(13)8-15/h3-6,11-12,15-16H,7-10,18H2,1-2H3. The predicted molar refractivity (Wildman–Crippen MR) is 83.9 cm³/mol. The first-order chi connectivity index (χ1) is 10.1. The van der Waals surface area contributed by atoms with Gasteiger partial charge in [-0.25, -0.2) is 9.67 Å². The Hall–Kier alpha value is -1.68. The van der Waals surface area contributed by atoms with Gasteiger partial charge in [-0.1, -0.05) is 38.1 Å². The molecule has 0 saturated carbocycles. The molecule has 4 heteroatoms. The van der Waals surface area contributed by atoms with Crippen molar-refractivity contribution in [2.24, 2.45) is 17.6 Å². The lowest BCUT2D eigenvalue weighted by molar-refractivity contribution is 0.407. The van der Waals surface area contributed by atoms with Crippen LogP contribution in [0.2, 0.25) is 0 Å². The fraction of sp³-hybridized carbons (Fsp3) is 0.529. The summed E-state index contributed by atoms with van der Waals surface area (Å²) in [5.74, 6) is 2.11. The van der Waals surface area contributed by atoms with Gasteiger partial charge in [0.25, 0.3) is 0 Å². The van der Waals surface area contributed by atoms with Crippen LogP contribution in [0.25, 0.3) is 0 Å². The minimum atomic E-state index is 0.146. The van der Waals surface area contributed by atoms with Crippen molar-refractivity contribution in [1.29, 1.82) is 0 Å². The summed E-state index contributed by atoms with van der Waals surface area (Å²) in [5.41, 5.74) is 9.39. The number of hydrogen-bond donors (Lipinski definition) is 1. The van der Waals surface area contributed by atoms with Crippen LogP contribution in [0.15, 0.2) is 30.6 Å². The molecule has 1 aliphatic rings. The first-order valence-electron chi connectivity index (χ1n) is 7.82. The fourth-order valence-electron chi connectivity index (χ4n) is 3.22. The Kier molecular flexibility index (Phi) is 4.06. The lowest BCUT2D eigenvalue weighted by Crippen LogP contribution is -2.34. The van der Waals surface area contributed by atoms with Crippen molar-refractivity contribution in [2.45, 2.75) is 45.7 Å². The van der Waals surface area contributed by atoms with E-state index < -0.39 is 0 Å². The molecular weight excluding hydrogens is 260 g/mol. The maximum atomic E-state index is 6.47. The van der Waals surface area contributed by atoms with E-state index in [9.17, 15) is 0 Å². The van der Waals surface area contributed by atoms with Gasteiger partial charge in [0, 0.05) is 19.0 Å². The van der Waals surface area contributed by atoms with Crippen LogP contribution >= 0.6 is 0 Å². The van der Waals surface area contributed by atoms with Crippen LogP contribution in [0, 0.1) is 11.8 Å². The van der Waals surface area contributed by atoms with Crippen molar-refractivity contribution in [1.82, 2.24) is 14.8 Å². The van der Waals surface area contributed by atoms with Gasteiger partial charge in [0.05, 0.1) is 0 Å². The summed E-state index contributed by atoms with van der Waals surface area (Å²) < 4.78 is 2.01. The van der Waals surface area contributed by atoms with Crippen LogP contribution in [0.3, 0.4) is 0 Å². The molecule has 2 aromatic rings. The Morgan fingerprint density at radius 2 is 1.90 bits per heavy atom. The number of nitrogens with zero attached hydrogens (tertiary/aromatic N) is 3. The highest BCUT2D eigenvalue weighted by Crippen LogP contribution is 2.28. The number of nitrogens with two attached hydrogens (primary N) is 1. The molecule has 0 radical (unpaired) electrons. The largest absolute Gasteiger partial charge is 0.327 e. The van der Waals surface area contributed by atoms with Gasteiger partial charge in [-0.15, -0.1) is 0 Å². The van der Waals surface area contributed by atoms with E-state index in [1.165, 1.54) is 11.1 Å². The van der Waals surface area contributed by atoms with Crippen molar-refractivity contribution in [3.05, 3.63) is 47.5 Å². The van der Waals surface area contributed by atoms with Crippen molar-refractivity contribution in [3.63, 3.8) is 0 Å². The molecule has 0 bridgehead atoms. The van der Waals surface area contributed by atoms with E-state index in [2.05, 4.69) is 48.2 Å². The topological polar surface area (TPSA) is 56.7 Å². The molecule has 0 amide bonds. The monoisotopic (exact) mass is 284 g/mol. The highest BCUT2D eigenvalue weighted by molar-refractivity contribution is 5.32. The van der Waals surface area contributed by atoms with Gasteiger partial charge in [0.1, 0.15) is 12.2 Å². The van der Waals surface area contributed by atoms with Gasteiger partial charge in [-0.3, -0.25) is 0 Å². The van der Waals surface area contributed by atoms with Crippen LogP contribution in [0.1, 0.15) is 30.8 Å². The van der Waals surface area contributed by atoms with Crippen molar-refractivity contribution in [2.75, 3.05) is 0 Å². The maximum absolute atomic E-state index is 6.47. The smallest absolute Gasteiger partial charge is 0.138 e. The zero-order chi connectivity index (χ0) is 14.8. The molecule has 21 heavy (non-hydrogen) atoms. The lowest BCUT2D eigenvalue weighted by Gasteiger charge is -2.19. The molecule has 1 heterocycles. The molecule has 2 N–H and O–H groups in total. The second-order valence-corrected chi connectivity index (χ2v) is 6.56. The van der Waals surface area contributed by atoms with Gasteiger partial charge >= 0.3 is 0 Å². The third kappa shape index (κ3) is 3.16. The molecule has 1 atom stereocenters. The summed E-state index contributed by atoms with van der Waals surface area (Å²) >= 11 is 0. The average Bonchev–Trinajstić information content (AvgIpc) is 3.05. The minimum absolute atomic E-state index is 0.146. The minimum Gasteiger partial charge on any atom is -0.327 e. The second-order valence-electron chi connectivity index (χ2n) is 6.56. The zero-order valence-electron chi connectivity index (χ0n) is 12.9. The molecule has 0 saturated heterocycles. The van der Waals surface area contributed by atoms with Gasteiger partial charge < -0.3 is 5.73 Å². The van der Waals surface area contributed by atoms with E-state index >= 15 is 0 Å². The number of benzene rings is 1. The molecule has 1 aromatic heterocycles. The van der Waals surface area contributed by atoms with E-state index in [1.54, 1.807) is 6.33 Å². The number of aromatic nitrogens is 3. The number of fused-ring (bicyclic) bond motifs is 1. The van der Waals surface area contributed by atoms with Gasteiger partial charge in [0.2, 0.25) is 0 Å². The molecule has 1 aromatic carbocycles. The molecule has 1 unspecified atom stereocenters. The maximum Gasteiger partial charge on any atom is 0.138 e. The molecule has 0 aliphatic heterocycles. The van der Waals surface area contributed by atoms with E-state index in [-0.39, 0.29) is 6.04 Å². The number of rotatable bonds is 5. The summed E-state index contributed by atoms with van der Waals surface area (Å²) in [7, 11) is 0. The first-order valence-corrected chi connectivity index (χ1v) is 7.82. The average molecular weight is 284 g/mol. The molecule has 112 valence electrons. The molecule has 0 fully saturated rings. The summed E-state index contributed by atoms with van der Waals surface area (Å²) in [6.07, 6.45) is 4.64. The van der Waals surface area contributed by atoms with Gasteiger partial charge in [-0.2, -0.15) is 5.10 Å². The van der Waals surface area contributed by atoms with E-state index in [4.69, 9.17) is 5.73 Å². The SMILES string of the molecule is CC(C)Cn1ncnc1CC(N)C1Cc2ccccc2C1. The fourth-order valence-corrected chi connectivity index (χ4v) is 3.22. The summed E-state index contributed by atoms with van der Waals surface area (Å²) in [4.78, 5) is 4.40. The summed E-state index contributed by atoms with van der Waals surface area (Å²) in [6.45, 7) is 5.30. The van der Waals surface area contributed by atoms with Crippen molar-refractivity contribution < 1.29 is 0 Å². The predicted octanol–water partition coefficient (Wildman–Crippen LogP) is 2.22. The Balaban J connectivity index is 1.65. The molecule has 1 aliphatic carbocycles. The zero-order valence-corrected chi connectivity index (χ0v) is 12.9. The van der Waals surface area contributed by atoms with Crippen LogP contribution in [-0.4, -0.2) is 20.8 Å². The second kappa shape index (κ2) is 5.98. The normalized spacial score (nSPS) is 16.4. The van der Waals surface area contributed by atoms with E-state index in [0.29, 0.717) is 11.8 Å². The van der Waals surface area contributed by atoms with Crippen LogP contribution in [0.4, 0.5) is 0 Å². The Bertz CT molecular complexity index is 577. The van der Waals surface area contributed by atoms with Crippen molar-refractivity contribution >= 4 is 0 Å². The van der Waals surface area contributed by atoms with Gasteiger partial charge in [-0.05, 0) is 35.8 Å². The van der Waals surface area contributed by atoms with Crippen molar-refractivity contribution in [3.8, 4) is 0 Å². The highest BCUT2D eigenvalue weighted by Gasteiger charge is 2.27. The van der Waals surface area contributed by atoms with E-state index in [1.807, 2.05) is 4.68 Å². The van der Waals surface area contributed by atoms with Gasteiger partial charge in [0.15, 0.2) is 0 Å². The summed E-state index contributed by atoms with van der Waals surface area (Å²) in [6, 6.07) is 8.83. The summed E-state index contributed by atoms with van der Waals surface area (Å²) in [5, 5.41) is 4.33. The van der Waals surface area contributed by atoms with Crippen LogP contribution < -0.4 is 5.73 Å². The third-order valence-electron chi connectivity index (χ3n) is 4.34. The Morgan fingerprint density at radius 1 is 1.24 bits per heavy atom. The molecule has 4 nitrogen and oxygen atoms in total. The quantitative estimate of drug-likeness (QED) is 0.916. The third-order valence-corrected chi connectivity index (χ3v) is 4.34.